The van der Waals surface area contributed by atoms with E-state index in [0.29, 0.717) is 12.1 Å². The molecule has 130 valence electrons. The van der Waals surface area contributed by atoms with Crippen LogP contribution in [0.15, 0.2) is 18.3 Å². The predicted molar refractivity (Wildman–Crippen MR) is 98.4 cm³/mol. The lowest BCUT2D eigenvalue weighted by molar-refractivity contribution is 0.00742. The summed E-state index contributed by atoms with van der Waals surface area (Å²) in [6, 6.07) is 5.74. The molecule has 1 aromatic rings. The summed E-state index contributed by atoms with van der Waals surface area (Å²) in [5, 5.41) is 7.27. The van der Waals surface area contributed by atoms with Gasteiger partial charge in [0.1, 0.15) is 5.82 Å². The van der Waals surface area contributed by atoms with Gasteiger partial charge in [0.2, 0.25) is 0 Å². The number of aromatic nitrogens is 1. The van der Waals surface area contributed by atoms with Gasteiger partial charge in [-0.2, -0.15) is 0 Å². The van der Waals surface area contributed by atoms with Gasteiger partial charge >= 0.3 is 0 Å². The lowest BCUT2D eigenvalue weighted by Gasteiger charge is -2.54. The van der Waals surface area contributed by atoms with Crippen LogP contribution < -0.4 is 15.5 Å². The van der Waals surface area contributed by atoms with Crippen molar-refractivity contribution >= 4 is 11.5 Å². The first-order valence-electron chi connectivity index (χ1n) is 9.93. The molecule has 4 saturated carbocycles. The van der Waals surface area contributed by atoms with Crippen molar-refractivity contribution in [1.82, 2.24) is 10.3 Å². The Hall–Kier alpha value is -1.29. The lowest BCUT2D eigenvalue weighted by atomic mass is 9.54. The minimum atomic E-state index is 0.624. The van der Waals surface area contributed by atoms with E-state index in [2.05, 4.69) is 39.7 Å². The molecular formula is C20H30N4. The molecule has 24 heavy (non-hydrogen) atoms. The molecule has 1 aliphatic heterocycles. The highest BCUT2D eigenvalue weighted by atomic mass is 15.2. The standard InChI is InChI=1S/C20H30N4/c1-21-17-3-5-24(12-17)18-2-4-22-19(11-18)23-20-15-7-13-6-14(9-15)10-16(20)8-13/h2,4,11,13-17,20-21H,3,5-10,12H2,1H3,(H,22,23)/t13?,14?,15?,16?,17-,20?/m1/s1. The van der Waals surface area contributed by atoms with Gasteiger partial charge in [-0.1, -0.05) is 0 Å². The molecule has 6 rings (SSSR count). The van der Waals surface area contributed by atoms with E-state index in [1.807, 2.05) is 6.20 Å². The average Bonchev–Trinajstić information content (AvgIpc) is 3.07. The van der Waals surface area contributed by atoms with Gasteiger partial charge in [-0.25, -0.2) is 4.98 Å². The van der Waals surface area contributed by atoms with E-state index in [9.17, 15) is 0 Å². The van der Waals surface area contributed by atoms with Crippen LogP contribution in [0.5, 0.6) is 0 Å². The lowest BCUT2D eigenvalue weighted by Crippen LogP contribution is -2.51. The molecule has 4 nitrogen and oxygen atoms in total. The highest BCUT2D eigenvalue weighted by Crippen LogP contribution is 2.54. The van der Waals surface area contributed by atoms with Crippen molar-refractivity contribution in [3.05, 3.63) is 18.3 Å². The summed E-state index contributed by atoms with van der Waals surface area (Å²) in [6.45, 7) is 2.25. The van der Waals surface area contributed by atoms with Gasteiger partial charge < -0.3 is 15.5 Å². The number of nitrogens with zero attached hydrogens (tertiary/aromatic N) is 2. The number of likely N-dealkylation sites (N-methyl/N-ethyl adjacent to an activating group) is 1. The fourth-order valence-electron chi connectivity index (χ4n) is 6.26. The molecule has 4 bridgehead atoms. The first kappa shape index (κ1) is 15.0. The molecule has 2 N–H and O–H groups in total. The first-order chi connectivity index (χ1) is 11.8. The molecule has 5 fully saturated rings. The Kier molecular flexibility index (Phi) is 3.69. The van der Waals surface area contributed by atoms with E-state index in [-0.39, 0.29) is 0 Å². The van der Waals surface area contributed by atoms with Crippen molar-refractivity contribution in [3.8, 4) is 0 Å². The zero-order valence-corrected chi connectivity index (χ0v) is 14.7. The van der Waals surface area contributed by atoms with Crippen LogP contribution in [0.1, 0.15) is 38.5 Å². The van der Waals surface area contributed by atoms with Crippen LogP contribution in [-0.4, -0.2) is 37.2 Å². The molecule has 0 amide bonds. The quantitative estimate of drug-likeness (QED) is 0.892. The molecular weight excluding hydrogens is 296 g/mol. The van der Waals surface area contributed by atoms with Gasteiger partial charge in [0.25, 0.3) is 0 Å². The van der Waals surface area contributed by atoms with Crippen molar-refractivity contribution < 1.29 is 0 Å². The Morgan fingerprint density at radius 2 is 1.83 bits per heavy atom. The molecule has 1 aromatic heterocycles. The highest BCUT2D eigenvalue weighted by Gasteiger charge is 2.48. The highest BCUT2D eigenvalue weighted by molar-refractivity contribution is 5.55. The number of hydrogen-bond donors (Lipinski definition) is 2. The number of rotatable bonds is 4. The summed E-state index contributed by atoms with van der Waals surface area (Å²) < 4.78 is 0. The van der Waals surface area contributed by atoms with Gasteiger partial charge in [0.15, 0.2) is 0 Å². The van der Waals surface area contributed by atoms with Crippen molar-refractivity contribution in [2.45, 2.75) is 50.6 Å². The van der Waals surface area contributed by atoms with Crippen LogP contribution in [0.25, 0.3) is 0 Å². The van der Waals surface area contributed by atoms with Gasteiger partial charge in [-0.05, 0) is 75.3 Å². The number of nitrogens with one attached hydrogen (secondary N) is 2. The maximum absolute atomic E-state index is 4.65. The van der Waals surface area contributed by atoms with Gasteiger partial charge in [0.05, 0.1) is 0 Å². The SMILES string of the molecule is CN[C@@H]1CCN(c2ccnc(NC3C4CC5CC(C4)CC3C5)c2)C1. The third-order valence-electron chi connectivity index (χ3n) is 7.25. The molecule has 0 radical (unpaired) electrons. The normalized spacial score (nSPS) is 40.3. The molecule has 0 unspecified atom stereocenters. The minimum Gasteiger partial charge on any atom is -0.370 e. The first-order valence-corrected chi connectivity index (χ1v) is 9.93. The van der Waals surface area contributed by atoms with Crippen molar-refractivity contribution in [3.63, 3.8) is 0 Å². The van der Waals surface area contributed by atoms with Crippen molar-refractivity contribution in [2.24, 2.45) is 23.7 Å². The molecule has 4 heteroatoms. The Morgan fingerprint density at radius 3 is 2.50 bits per heavy atom. The van der Waals surface area contributed by atoms with E-state index in [1.165, 1.54) is 44.2 Å². The summed E-state index contributed by atoms with van der Waals surface area (Å²) in [5.74, 6) is 4.96. The summed E-state index contributed by atoms with van der Waals surface area (Å²) >= 11 is 0. The number of pyridine rings is 1. The second kappa shape index (κ2) is 5.91. The molecule has 5 aliphatic rings. The monoisotopic (exact) mass is 326 g/mol. The minimum absolute atomic E-state index is 0.624. The zero-order chi connectivity index (χ0) is 16.1. The molecule has 1 saturated heterocycles. The third-order valence-corrected chi connectivity index (χ3v) is 7.25. The third kappa shape index (κ3) is 2.59. The summed E-state index contributed by atoms with van der Waals surface area (Å²) in [7, 11) is 2.07. The zero-order valence-electron chi connectivity index (χ0n) is 14.7. The fourth-order valence-corrected chi connectivity index (χ4v) is 6.26. The van der Waals surface area contributed by atoms with Crippen LogP contribution in [-0.2, 0) is 0 Å². The van der Waals surface area contributed by atoms with Gasteiger partial charge in [0, 0.05) is 43.1 Å². The van der Waals surface area contributed by atoms with Crippen molar-refractivity contribution in [1.29, 1.82) is 0 Å². The predicted octanol–water partition coefficient (Wildman–Crippen LogP) is 3.12. The Bertz CT molecular complexity index is 573. The Morgan fingerprint density at radius 1 is 1.08 bits per heavy atom. The van der Waals surface area contributed by atoms with E-state index >= 15 is 0 Å². The number of hydrogen-bond acceptors (Lipinski definition) is 4. The number of anilines is 2. The summed E-state index contributed by atoms with van der Waals surface area (Å²) in [5.41, 5.74) is 1.33. The smallest absolute Gasteiger partial charge is 0.128 e. The van der Waals surface area contributed by atoms with Gasteiger partial charge in [-0.15, -0.1) is 0 Å². The average molecular weight is 326 g/mol. The Labute approximate surface area is 145 Å². The summed E-state index contributed by atoms with van der Waals surface area (Å²) in [4.78, 5) is 7.14. The van der Waals surface area contributed by atoms with Crippen LogP contribution in [0.4, 0.5) is 11.5 Å². The molecule has 0 spiro atoms. The van der Waals surface area contributed by atoms with Crippen LogP contribution in [0.2, 0.25) is 0 Å². The van der Waals surface area contributed by atoms with Crippen LogP contribution in [0, 0.1) is 23.7 Å². The van der Waals surface area contributed by atoms with Crippen LogP contribution >= 0.6 is 0 Å². The largest absolute Gasteiger partial charge is 0.370 e. The fraction of sp³-hybridized carbons (Fsp3) is 0.750. The molecule has 1 atom stereocenters. The molecule has 0 aromatic carbocycles. The molecule has 2 heterocycles. The van der Waals surface area contributed by atoms with Gasteiger partial charge in [-0.3, -0.25) is 0 Å². The second-order valence-electron chi connectivity index (χ2n) is 8.72. The maximum atomic E-state index is 4.65. The van der Waals surface area contributed by atoms with Crippen molar-refractivity contribution in [2.75, 3.05) is 30.4 Å². The topological polar surface area (TPSA) is 40.2 Å². The van der Waals surface area contributed by atoms with Crippen LogP contribution in [0.3, 0.4) is 0 Å². The van der Waals surface area contributed by atoms with E-state index < -0.39 is 0 Å². The van der Waals surface area contributed by atoms with E-state index in [4.69, 9.17) is 0 Å². The second-order valence-corrected chi connectivity index (χ2v) is 8.72. The maximum Gasteiger partial charge on any atom is 0.128 e. The summed E-state index contributed by atoms with van der Waals surface area (Å²) in [6.07, 6.45) is 10.6. The Balaban J connectivity index is 1.30. The van der Waals surface area contributed by atoms with E-state index in [0.717, 1.165) is 42.6 Å². The van der Waals surface area contributed by atoms with E-state index in [1.54, 1.807) is 0 Å². The molecule has 4 aliphatic carbocycles.